The first kappa shape index (κ1) is 30.3. The lowest BCUT2D eigenvalue weighted by Crippen LogP contribution is -2.53. The zero-order chi connectivity index (χ0) is 30.1. The second kappa shape index (κ2) is 13.8. The van der Waals surface area contributed by atoms with E-state index in [0.29, 0.717) is 5.75 Å². The number of aryl methyl sites for hydroxylation is 1. The van der Waals surface area contributed by atoms with Gasteiger partial charge in [-0.3, -0.25) is 13.9 Å². The molecule has 0 bridgehead atoms. The Balaban J connectivity index is 1.82. The predicted molar refractivity (Wildman–Crippen MR) is 164 cm³/mol. The number of rotatable bonds is 12. The molecule has 218 valence electrons. The quantitative estimate of drug-likeness (QED) is 0.263. The summed E-state index contributed by atoms with van der Waals surface area (Å²) in [6.45, 7) is 1.50. The van der Waals surface area contributed by atoms with Gasteiger partial charge in [0.2, 0.25) is 11.8 Å². The Kier molecular flexibility index (Phi) is 9.98. The molecular formula is C33H35N3O5S. The average Bonchev–Trinajstić information content (AvgIpc) is 3.02. The number of anilines is 1. The lowest BCUT2D eigenvalue weighted by Gasteiger charge is -2.34. The minimum atomic E-state index is -4.20. The van der Waals surface area contributed by atoms with Crippen molar-refractivity contribution >= 4 is 27.5 Å². The molecule has 0 aliphatic heterocycles. The van der Waals surface area contributed by atoms with Crippen molar-refractivity contribution in [3.8, 4) is 5.75 Å². The molecule has 8 nitrogen and oxygen atoms in total. The summed E-state index contributed by atoms with van der Waals surface area (Å²) >= 11 is 0. The molecule has 0 saturated carbocycles. The highest BCUT2D eigenvalue weighted by Crippen LogP contribution is 2.32. The predicted octanol–water partition coefficient (Wildman–Crippen LogP) is 4.59. The van der Waals surface area contributed by atoms with E-state index in [2.05, 4.69) is 5.32 Å². The van der Waals surface area contributed by atoms with Crippen molar-refractivity contribution in [2.24, 2.45) is 0 Å². The Morgan fingerprint density at radius 2 is 1.43 bits per heavy atom. The highest BCUT2D eigenvalue weighted by Gasteiger charge is 2.35. The zero-order valence-corrected chi connectivity index (χ0v) is 24.8. The largest absolute Gasteiger partial charge is 0.495 e. The highest BCUT2D eigenvalue weighted by molar-refractivity contribution is 7.92. The van der Waals surface area contributed by atoms with E-state index in [9.17, 15) is 18.0 Å². The lowest BCUT2D eigenvalue weighted by atomic mass is 10.0. The number of carbonyl (C=O) groups is 2. The minimum absolute atomic E-state index is 0.0290. The topological polar surface area (TPSA) is 96.0 Å². The first-order valence-corrected chi connectivity index (χ1v) is 15.0. The monoisotopic (exact) mass is 585 g/mol. The van der Waals surface area contributed by atoms with E-state index in [4.69, 9.17) is 4.74 Å². The van der Waals surface area contributed by atoms with Crippen LogP contribution in [0.5, 0.6) is 5.75 Å². The normalized spacial score (nSPS) is 11.8. The van der Waals surface area contributed by atoms with Gasteiger partial charge in [0, 0.05) is 20.0 Å². The van der Waals surface area contributed by atoms with Crippen LogP contribution < -0.4 is 14.4 Å². The van der Waals surface area contributed by atoms with Crippen LogP contribution >= 0.6 is 0 Å². The van der Waals surface area contributed by atoms with Crippen LogP contribution in [-0.4, -0.2) is 51.9 Å². The number of carbonyl (C=O) groups excluding carboxylic acids is 2. The van der Waals surface area contributed by atoms with Gasteiger partial charge in [-0.05, 0) is 47.9 Å². The molecule has 0 aliphatic carbocycles. The van der Waals surface area contributed by atoms with E-state index in [1.807, 2.05) is 61.5 Å². The van der Waals surface area contributed by atoms with Gasteiger partial charge in [-0.15, -0.1) is 0 Å². The van der Waals surface area contributed by atoms with E-state index in [1.165, 1.54) is 31.2 Å². The maximum atomic E-state index is 14.4. The summed E-state index contributed by atoms with van der Waals surface area (Å²) in [5, 5.41) is 2.70. The summed E-state index contributed by atoms with van der Waals surface area (Å²) in [6, 6.07) is 30.7. The molecule has 9 heteroatoms. The van der Waals surface area contributed by atoms with Crippen molar-refractivity contribution in [2.45, 2.75) is 30.8 Å². The van der Waals surface area contributed by atoms with Gasteiger partial charge in [0.25, 0.3) is 10.0 Å². The summed E-state index contributed by atoms with van der Waals surface area (Å²) in [5.41, 5.74) is 2.88. The van der Waals surface area contributed by atoms with Crippen molar-refractivity contribution in [1.29, 1.82) is 0 Å². The first-order chi connectivity index (χ1) is 20.3. The molecule has 0 saturated heterocycles. The number of sulfonamides is 1. The molecule has 4 rings (SSSR count). The third-order valence-corrected chi connectivity index (χ3v) is 8.86. The number of nitrogens with one attached hydrogen (secondary N) is 1. The van der Waals surface area contributed by atoms with Gasteiger partial charge >= 0.3 is 0 Å². The van der Waals surface area contributed by atoms with Crippen molar-refractivity contribution < 1.29 is 22.7 Å². The fourth-order valence-corrected chi connectivity index (χ4v) is 6.21. The average molecular weight is 586 g/mol. The number of benzene rings is 4. The Morgan fingerprint density at radius 3 is 2.07 bits per heavy atom. The molecule has 0 heterocycles. The molecule has 0 unspecified atom stereocenters. The molecule has 2 amide bonds. The molecule has 0 spiro atoms. The Hall–Kier alpha value is -4.63. The van der Waals surface area contributed by atoms with E-state index in [0.717, 1.165) is 21.0 Å². The molecule has 0 fully saturated rings. The number of hydrogen-bond donors (Lipinski definition) is 1. The molecular weight excluding hydrogens is 550 g/mol. The second-order valence-corrected chi connectivity index (χ2v) is 11.6. The number of hydrogen-bond acceptors (Lipinski definition) is 5. The summed E-state index contributed by atoms with van der Waals surface area (Å²) in [7, 11) is -1.23. The third kappa shape index (κ3) is 6.98. The van der Waals surface area contributed by atoms with E-state index in [-0.39, 0.29) is 29.5 Å². The standard InChI is InChI=1S/C33H35N3O5S/c1-25-14-10-11-17-27(25)23-35(30(33(38)34-2)22-26-15-6-4-7-16-26)32(37)24-36(29-20-12-13-21-31(29)41-3)42(39,40)28-18-8-5-9-19-28/h4-21,30H,22-24H2,1-3H3,(H,34,38)/t30-/m0/s1. The summed E-state index contributed by atoms with van der Waals surface area (Å²) in [6.07, 6.45) is 0.248. The third-order valence-electron chi connectivity index (χ3n) is 7.08. The van der Waals surface area contributed by atoms with Gasteiger partial charge in [0.1, 0.15) is 18.3 Å². The first-order valence-electron chi connectivity index (χ1n) is 13.6. The van der Waals surface area contributed by atoms with Gasteiger partial charge < -0.3 is 15.0 Å². The Bertz CT molecular complexity index is 1610. The van der Waals surface area contributed by atoms with Crippen LogP contribution in [0.3, 0.4) is 0 Å². The number of methoxy groups -OCH3 is 1. The van der Waals surface area contributed by atoms with Gasteiger partial charge in [-0.25, -0.2) is 8.42 Å². The summed E-state index contributed by atoms with van der Waals surface area (Å²) < 4.78 is 34.6. The number of nitrogens with zero attached hydrogens (tertiary/aromatic N) is 2. The van der Waals surface area contributed by atoms with Crippen LogP contribution in [0.1, 0.15) is 16.7 Å². The van der Waals surface area contributed by atoms with Gasteiger partial charge in [0.15, 0.2) is 0 Å². The maximum Gasteiger partial charge on any atom is 0.264 e. The molecule has 4 aromatic rings. The second-order valence-electron chi connectivity index (χ2n) is 9.76. The van der Waals surface area contributed by atoms with Gasteiger partial charge in [0.05, 0.1) is 17.7 Å². The van der Waals surface area contributed by atoms with Crippen molar-refractivity contribution in [3.05, 3.63) is 126 Å². The van der Waals surface area contributed by atoms with Crippen molar-refractivity contribution in [3.63, 3.8) is 0 Å². The number of para-hydroxylation sites is 2. The van der Waals surface area contributed by atoms with Crippen molar-refractivity contribution in [2.75, 3.05) is 25.0 Å². The molecule has 0 aliphatic rings. The summed E-state index contributed by atoms with van der Waals surface area (Å²) in [4.78, 5) is 29.2. The lowest BCUT2D eigenvalue weighted by molar-refractivity contribution is -0.139. The Morgan fingerprint density at radius 1 is 0.833 bits per heavy atom. The molecule has 42 heavy (non-hydrogen) atoms. The van der Waals surface area contributed by atoms with Crippen LogP contribution in [0.15, 0.2) is 114 Å². The van der Waals surface area contributed by atoms with Crippen LogP contribution in [0.25, 0.3) is 0 Å². The fraction of sp³-hybridized carbons (Fsp3) is 0.212. The number of ether oxygens (including phenoxy) is 1. The van der Waals surface area contributed by atoms with Crippen molar-refractivity contribution in [1.82, 2.24) is 10.2 Å². The van der Waals surface area contributed by atoms with Crippen LogP contribution in [0, 0.1) is 6.92 Å². The molecule has 4 aromatic carbocycles. The number of amides is 2. The van der Waals surface area contributed by atoms with Crippen LogP contribution in [0.4, 0.5) is 5.69 Å². The van der Waals surface area contributed by atoms with Crippen LogP contribution in [0.2, 0.25) is 0 Å². The highest BCUT2D eigenvalue weighted by atomic mass is 32.2. The summed E-state index contributed by atoms with van der Waals surface area (Å²) in [5.74, 6) is -0.592. The zero-order valence-electron chi connectivity index (χ0n) is 23.9. The maximum absolute atomic E-state index is 14.4. The molecule has 0 radical (unpaired) electrons. The van der Waals surface area contributed by atoms with E-state index >= 15 is 0 Å². The van der Waals surface area contributed by atoms with E-state index < -0.39 is 28.5 Å². The SMILES string of the molecule is CNC(=O)[C@H](Cc1ccccc1)N(Cc1ccccc1C)C(=O)CN(c1ccccc1OC)S(=O)(=O)c1ccccc1. The number of likely N-dealkylation sites (N-methyl/N-ethyl adjacent to an activating group) is 1. The van der Waals surface area contributed by atoms with Gasteiger partial charge in [-0.1, -0.05) is 84.9 Å². The molecule has 1 atom stereocenters. The minimum Gasteiger partial charge on any atom is -0.495 e. The smallest absolute Gasteiger partial charge is 0.264 e. The van der Waals surface area contributed by atoms with E-state index in [1.54, 1.807) is 42.5 Å². The molecule has 1 N–H and O–H groups in total. The Labute approximate surface area is 247 Å². The fourth-order valence-electron chi connectivity index (χ4n) is 4.76. The molecule has 0 aromatic heterocycles. The van der Waals surface area contributed by atoms with Crippen LogP contribution in [-0.2, 0) is 32.6 Å². The van der Waals surface area contributed by atoms with Gasteiger partial charge in [-0.2, -0.15) is 0 Å².